The lowest BCUT2D eigenvalue weighted by molar-refractivity contribution is -0.120. The summed E-state index contributed by atoms with van der Waals surface area (Å²) >= 11 is 0. The number of carbonyl (C=O) groups is 1. The summed E-state index contributed by atoms with van der Waals surface area (Å²) in [7, 11) is 0. The molecule has 0 heterocycles. The minimum absolute atomic E-state index is 0.461. The number of unbranched alkanes of at least 4 members (excludes halogenated alkanes) is 3. The van der Waals surface area contributed by atoms with Gasteiger partial charge in [-0.25, -0.2) is 0 Å². The monoisotopic (exact) mass is 292 g/mol. The molecular formula is C20H36O. The quantitative estimate of drug-likeness (QED) is 0.532. The Labute approximate surface area is 132 Å². The van der Waals surface area contributed by atoms with Crippen molar-refractivity contribution < 1.29 is 4.79 Å². The second-order valence-corrected chi connectivity index (χ2v) is 7.80. The highest BCUT2D eigenvalue weighted by atomic mass is 16.1. The van der Waals surface area contributed by atoms with Gasteiger partial charge in [-0.05, 0) is 37.0 Å². The third kappa shape index (κ3) is 5.75. The Morgan fingerprint density at radius 2 is 1.67 bits per heavy atom. The smallest absolute Gasteiger partial charge is 0.133 e. The molecule has 2 aliphatic carbocycles. The van der Waals surface area contributed by atoms with Crippen molar-refractivity contribution in [2.45, 2.75) is 110 Å². The normalized spacial score (nSPS) is 31.7. The number of rotatable bonds is 5. The largest absolute Gasteiger partial charge is 0.300 e. The van der Waals surface area contributed by atoms with Gasteiger partial charge < -0.3 is 0 Å². The van der Waals surface area contributed by atoms with Gasteiger partial charge in [0.2, 0.25) is 0 Å². The Balaban J connectivity index is 1.78. The summed E-state index contributed by atoms with van der Waals surface area (Å²) in [6, 6.07) is 0. The molecule has 2 atom stereocenters. The Kier molecular flexibility index (Phi) is 7.26. The molecule has 0 aliphatic heterocycles. The van der Waals surface area contributed by atoms with Crippen LogP contribution < -0.4 is 0 Å². The SMILES string of the molecule is CCCCCCC1CC12CCCCCCCCCC(=O)C2. The molecule has 2 unspecified atom stereocenters. The number of ketones is 1. The van der Waals surface area contributed by atoms with E-state index in [0.717, 1.165) is 25.2 Å². The van der Waals surface area contributed by atoms with E-state index in [1.807, 2.05) is 0 Å². The third-order valence-corrected chi connectivity index (χ3v) is 5.94. The van der Waals surface area contributed by atoms with E-state index in [1.54, 1.807) is 0 Å². The maximum Gasteiger partial charge on any atom is 0.133 e. The Morgan fingerprint density at radius 3 is 2.43 bits per heavy atom. The van der Waals surface area contributed by atoms with Gasteiger partial charge in [0.05, 0.1) is 0 Å². The summed E-state index contributed by atoms with van der Waals surface area (Å²) in [6.07, 6.45) is 20.8. The van der Waals surface area contributed by atoms with E-state index < -0.39 is 0 Å². The van der Waals surface area contributed by atoms with Crippen molar-refractivity contribution in [3.05, 3.63) is 0 Å². The third-order valence-electron chi connectivity index (χ3n) is 5.94. The van der Waals surface area contributed by atoms with Crippen LogP contribution in [0, 0.1) is 11.3 Å². The average Bonchev–Trinajstić information content (AvgIpc) is 3.13. The van der Waals surface area contributed by atoms with Crippen LogP contribution in [-0.2, 0) is 4.79 Å². The van der Waals surface area contributed by atoms with Gasteiger partial charge in [-0.2, -0.15) is 0 Å². The van der Waals surface area contributed by atoms with Gasteiger partial charge in [-0.15, -0.1) is 0 Å². The topological polar surface area (TPSA) is 17.1 Å². The molecular weight excluding hydrogens is 256 g/mol. The highest BCUT2D eigenvalue weighted by Gasteiger charge is 2.52. The van der Waals surface area contributed by atoms with Crippen molar-refractivity contribution in [3.8, 4) is 0 Å². The molecule has 0 N–H and O–H groups in total. The van der Waals surface area contributed by atoms with Crippen LogP contribution in [-0.4, -0.2) is 5.78 Å². The zero-order chi connectivity index (χ0) is 15.0. The van der Waals surface area contributed by atoms with Crippen molar-refractivity contribution >= 4 is 5.78 Å². The van der Waals surface area contributed by atoms with Gasteiger partial charge in [0, 0.05) is 12.8 Å². The highest BCUT2D eigenvalue weighted by molar-refractivity contribution is 5.79. The molecule has 1 spiro atoms. The van der Waals surface area contributed by atoms with Crippen LogP contribution in [0.1, 0.15) is 110 Å². The fraction of sp³-hybridized carbons (Fsp3) is 0.950. The van der Waals surface area contributed by atoms with Crippen molar-refractivity contribution in [1.29, 1.82) is 0 Å². The van der Waals surface area contributed by atoms with Crippen LogP contribution in [0.25, 0.3) is 0 Å². The fourth-order valence-electron chi connectivity index (χ4n) is 4.43. The van der Waals surface area contributed by atoms with Gasteiger partial charge in [0.1, 0.15) is 5.78 Å². The van der Waals surface area contributed by atoms with Crippen LogP contribution in [0.5, 0.6) is 0 Å². The van der Waals surface area contributed by atoms with E-state index in [0.29, 0.717) is 11.2 Å². The fourth-order valence-corrected chi connectivity index (χ4v) is 4.43. The van der Waals surface area contributed by atoms with E-state index >= 15 is 0 Å². The van der Waals surface area contributed by atoms with Gasteiger partial charge >= 0.3 is 0 Å². The standard InChI is InChI=1S/C20H36O/c1-2-3-4-10-13-18-16-20(18)15-12-9-7-5-6-8-11-14-19(21)17-20/h18H,2-17H2,1H3. The Hall–Kier alpha value is -0.330. The van der Waals surface area contributed by atoms with Crippen LogP contribution in [0.3, 0.4) is 0 Å². The second kappa shape index (κ2) is 8.96. The van der Waals surface area contributed by atoms with Crippen molar-refractivity contribution in [2.24, 2.45) is 11.3 Å². The lowest BCUT2D eigenvalue weighted by Crippen LogP contribution is -2.12. The second-order valence-electron chi connectivity index (χ2n) is 7.80. The van der Waals surface area contributed by atoms with E-state index in [1.165, 1.54) is 83.5 Å². The predicted octanol–water partition coefficient (Wildman–Crippen LogP) is 6.45. The molecule has 0 amide bonds. The summed E-state index contributed by atoms with van der Waals surface area (Å²) in [6.45, 7) is 2.28. The molecule has 21 heavy (non-hydrogen) atoms. The summed E-state index contributed by atoms with van der Waals surface area (Å²) in [5.74, 6) is 1.47. The van der Waals surface area contributed by atoms with Gasteiger partial charge in [-0.1, -0.05) is 71.1 Å². The van der Waals surface area contributed by atoms with E-state index in [-0.39, 0.29) is 0 Å². The molecule has 0 saturated heterocycles. The van der Waals surface area contributed by atoms with Gasteiger partial charge in [0.25, 0.3) is 0 Å². The first-order valence-corrected chi connectivity index (χ1v) is 9.78. The number of Topliss-reactive ketones (excluding diaryl/α,β-unsaturated/α-hetero) is 1. The zero-order valence-corrected chi connectivity index (χ0v) is 14.3. The molecule has 0 aromatic heterocycles. The van der Waals surface area contributed by atoms with Crippen LogP contribution in [0.15, 0.2) is 0 Å². The summed E-state index contributed by atoms with van der Waals surface area (Å²) in [4.78, 5) is 12.3. The summed E-state index contributed by atoms with van der Waals surface area (Å²) in [5.41, 5.74) is 0.461. The number of hydrogen-bond acceptors (Lipinski definition) is 1. The maximum absolute atomic E-state index is 12.3. The molecule has 0 aromatic rings. The van der Waals surface area contributed by atoms with Gasteiger partial charge in [0.15, 0.2) is 0 Å². The molecule has 1 nitrogen and oxygen atoms in total. The van der Waals surface area contributed by atoms with Crippen LogP contribution in [0.2, 0.25) is 0 Å². The Bertz CT molecular complexity index is 309. The molecule has 0 bridgehead atoms. The molecule has 1 heteroatoms. The molecule has 2 aliphatic rings. The van der Waals surface area contributed by atoms with E-state index in [2.05, 4.69) is 6.92 Å². The molecule has 2 rings (SSSR count). The highest BCUT2D eigenvalue weighted by Crippen LogP contribution is 2.61. The first-order valence-electron chi connectivity index (χ1n) is 9.78. The van der Waals surface area contributed by atoms with Gasteiger partial charge in [-0.3, -0.25) is 4.79 Å². The van der Waals surface area contributed by atoms with Crippen molar-refractivity contribution in [2.75, 3.05) is 0 Å². The maximum atomic E-state index is 12.3. The molecule has 2 fully saturated rings. The molecule has 122 valence electrons. The minimum atomic E-state index is 0.461. The Morgan fingerprint density at radius 1 is 0.952 bits per heavy atom. The summed E-state index contributed by atoms with van der Waals surface area (Å²) < 4.78 is 0. The first-order chi connectivity index (χ1) is 10.3. The molecule has 0 radical (unpaired) electrons. The van der Waals surface area contributed by atoms with E-state index in [9.17, 15) is 4.79 Å². The summed E-state index contributed by atoms with van der Waals surface area (Å²) in [5, 5.41) is 0. The van der Waals surface area contributed by atoms with Crippen molar-refractivity contribution in [1.82, 2.24) is 0 Å². The zero-order valence-electron chi connectivity index (χ0n) is 14.3. The number of hydrogen-bond donors (Lipinski definition) is 0. The van der Waals surface area contributed by atoms with Crippen LogP contribution in [0.4, 0.5) is 0 Å². The molecule has 0 aromatic carbocycles. The molecule has 2 saturated carbocycles. The predicted molar refractivity (Wildman–Crippen MR) is 90.5 cm³/mol. The number of carbonyl (C=O) groups excluding carboxylic acids is 1. The lowest BCUT2D eigenvalue weighted by Gasteiger charge is -2.18. The lowest BCUT2D eigenvalue weighted by atomic mass is 9.86. The minimum Gasteiger partial charge on any atom is -0.300 e. The first kappa shape index (κ1) is 17.0. The van der Waals surface area contributed by atoms with E-state index in [4.69, 9.17) is 0 Å². The average molecular weight is 293 g/mol. The van der Waals surface area contributed by atoms with Crippen LogP contribution >= 0.6 is 0 Å². The van der Waals surface area contributed by atoms with Crippen molar-refractivity contribution in [3.63, 3.8) is 0 Å².